The summed E-state index contributed by atoms with van der Waals surface area (Å²) in [6.07, 6.45) is 1.80. The molecule has 1 aromatic rings. The van der Waals surface area contributed by atoms with Gasteiger partial charge in [0.1, 0.15) is 24.1 Å². The quantitative estimate of drug-likeness (QED) is 0.800. The number of nitrogens with two attached hydrogens (primary N) is 1. The van der Waals surface area contributed by atoms with E-state index in [9.17, 15) is 17.2 Å². The monoisotopic (exact) mass is 354 g/mol. The van der Waals surface area contributed by atoms with Crippen LogP contribution in [0.15, 0.2) is 17.2 Å². The molecule has 2 rings (SSSR count). The molecule has 0 radical (unpaired) electrons. The number of primary sulfonamides is 1. The lowest BCUT2D eigenvalue weighted by Crippen LogP contribution is -2.38. The molecule has 0 spiro atoms. The van der Waals surface area contributed by atoms with Gasteiger partial charge in [-0.1, -0.05) is 11.6 Å². The van der Waals surface area contributed by atoms with Crippen molar-refractivity contribution in [3.63, 3.8) is 0 Å². The number of nitrogens with one attached hydrogen (secondary N) is 1. The van der Waals surface area contributed by atoms with Gasteiger partial charge in [-0.2, -0.15) is 0 Å². The summed E-state index contributed by atoms with van der Waals surface area (Å²) in [5.74, 6) is 0.318. The average molecular weight is 355 g/mol. The van der Waals surface area contributed by atoms with Crippen molar-refractivity contribution >= 4 is 27.4 Å². The minimum atomic E-state index is -3.86. The number of alkyl halides is 2. The molecule has 124 valence electrons. The predicted octanol–water partition coefficient (Wildman–Crippen LogP) is 1.18. The molecule has 0 aromatic carbocycles. The standard InChI is InChI=1S/C12H17ClF2N4O2S/c13-11-3-10(22(16,20)21)6-17-12(11)18-8-1-2-19(7-8)9(4-14)5-15/h3,6,8-9H,1-2,4-5,7H2,(H,17,18)(H2,16,20,21). The van der Waals surface area contributed by atoms with Crippen molar-refractivity contribution in [2.75, 3.05) is 31.8 Å². The highest BCUT2D eigenvalue weighted by Crippen LogP contribution is 2.25. The first kappa shape index (κ1) is 17.3. The number of halogens is 3. The van der Waals surface area contributed by atoms with Crippen LogP contribution in [0.25, 0.3) is 0 Å². The van der Waals surface area contributed by atoms with Gasteiger partial charge >= 0.3 is 0 Å². The second kappa shape index (κ2) is 7.03. The van der Waals surface area contributed by atoms with Gasteiger partial charge in [0.25, 0.3) is 0 Å². The van der Waals surface area contributed by atoms with Crippen molar-refractivity contribution in [2.45, 2.75) is 23.4 Å². The zero-order chi connectivity index (χ0) is 16.3. The van der Waals surface area contributed by atoms with Gasteiger partial charge in [-0.05, 0) is 12.5 Å². The summed E-state index contributed by atoms with van der Waals surface area (Å²) in [4.78, 5) is 5.50. The number of hydrogen-bond acceptors (Lipinski definition) is 5. The van der Waals surface area contributed by atoms with E-state index in [-0.39, 0.29) is 16.0 Å². The van der Waals surface area contributed by atoms with E-state index < -0.39 is 29.4 Å². The number of hydrogen-bond donors (Lipinski definition) is 2. The van der Waals surface area contributed by atoms with Crippen molar-refractivity contribution in [3.05, 3.63) is 17.3 Å². The molecule has 1 aliphatic rings. The van der Waals surface area contributed by atoms with E-state index in [2.05, 4.69) is 10.3 Å². The molecule has 1 aliphatic heterocycles. The SMILES string of the molecule is NS(=O)(=O)c1cnc(NC2CCN(C(CF)CF)C2)c(Cl)c1. The summed E-state index contributed by atoms with van der Waals surface area (Å²) in [6, 6.07) is 0.427. The van der Waals surface area contributed by atoms with E-state index in [0.717, 1.165) is 6.20 Å². The first-order valence-corrected chi connectivity index (χ1v) is 8.58. The third kappa shape index (κ3) is 4.03. The third-order valence-corrected chi connectivity index (χ3v) is 4.75. The molecule has 0 aliphatic carbocycles. The number of likely N-dealkylation sites (tertiary alicyclic amines) is 1. The van der Waals surface area contributed by atoms with Crippen LogP contribution in [0, 0.1) is 0 Å². The number of pyridine rings is 1. The summed E-state index contributed by atoms with van der Waals surface area (Å²) in [5.41, 5.74) is 0. The Morgan fingerprint density at radius 3 is 2.73 bits per heavy atom. The Labute approximate surface area is 132 Å². The number of sulfonamides is 1. The maximum absolute atomic E-state index is 12.7. The van der Waals surface area contributed by atoms with Gasteiger partial charge in [0.05, 0.1) is 11.1 Å². The van der Waals surface area contributed by atoms with Crippen molar-refractivity contribution in [2.24, 2.45) is 5.14 Å². The number of rotatable bonds is 6. The number of anilines is 1. The Balaban J connectivity index is 2.03. The normalized spacial score (nSPS) is 19.8. The molecule has 3 N–H and O–H groups in total. The van der Waals surface area contributed by atoms with Crippen LogP contribution < -0.4 is 10.5 Å². The van der Waals surface area contributed by atoms with E-state index in [4.69, 9.17) is 16.7 Å². The highest BCUT2D eigenvalue weighted by atomic mass is 35.5. The zero-order valence-electron chi connectivity index (χ0n) is 11.7. The molecule has 1 aromatic heterocycles. The Morgan fingerprint density at radius 2 is 2.18 bits per heavy atom. The van der Waals surface area contributed by atoms with Gasteiger partial charge in [0.2, 0.25) is 10.0 Å². The first-order chi connectivity index (χ1) is 10.3. The molecule has 22 heavy (non-hydrogen) atoms. The van der Waals surface area contributed by atoms with Crippen LogP contribution in [0.4, 0.5) is 14.6 Å². The molecular weight excluding hydrogens is 338 g/mol. The third-order valence-electron chi connectivity index (χ3n) is 3.58. The van der Waals surface area contributed by atoms with Crippen LogP contribution >= 0.6 is 11.6 Å². The molecule has 0 amide bonds. The van der Waals surface area contributed by atoms with Gasteiger partial charge < -0.3 is 5.32 Å². The lowest BCUT2D eigenvalue weighted by molar-refractivity contribution is 0.166. The summed E-state index contributed by atoms with van der Waals surface area (Å²) in [6.45, 7) is -0.424. The molecule has 0 saturated carbocycles. The van der Waals surface area contributed by atoms with E-state index in [1.54, 1.807) is 4.90 Å². The van der Waals surface area contributed by atoms with E-state index in [1.165, 1.54) is 6.07 Å². The molecule has 1 atom stereocenters. The Morgan fingerprint density at radius 1 is 1.50 bits per heavy atom. The summed E-state index contributed by atoms with van der Waals surface area (Å²) >= 11 is 5.99. The van der Waals surface area contributed by atoms with Crippen LogP contribution in [0.1, 0.15) is 6.42 Å². The van der Waals surface area contributed by atoms with Crippen LogP contribution in [0.2, 0.25) is 5.02 Å². The Hall–Kier alpha value is -1.03. The fraction of sp³-hybridized carbons (Fsp3) is 0.583. The molecule has 1 fully saturated rings. The lowest BCUT2D eigenvalue weighted by Gasteiger charge is -2.23. The minimum absolute atomic E-state index is 0.0640. The molecule has 0 bridgehead atoms. The molecule has 10 heteroatoms. The van der Waals surface area contributed by atoms with Crippen LogP contribution in [0.5, 0.6) is 0 Å². The van der Waals surface area contributed by atoms with Crippen molar-refractivity contribution in [1.82, 2.24) is 9.88 Å². The fourth-order valence-corrected chi connectivity index (χ4v) is 3.12. The number of nitrogens with zero attached hydrogens (tertiary/aromatic N) is 2. The smallest absolute Gasteiger partial charge is 0.239 e. The van der Waals surface area contributed by atoms with Gasteiger partial charge in [0, 0.05) is 25.3 Å². The van der Waals surface area contributed by atoms with Crippen molar-refractivity contribution in [1.29, 1.82) is 0 Å². The van der Waals surface area contributed by atoms with Gasteiger partial charge in [-0.3, -0.25) is 4.90 Å². The molecule has 2 heterocycles. The summed E-state index contributed by atoms with van der Waals surface area (Å²) in [5, 5.41) is 8.18. The van der Waals surface area contributed by atoms with Crippen LogP contribution in [0.3, 0.4) is 0 Å². The molecule has 1 saturated heterocycles. The zero-order valence-corrected chi connectivity index (χ0v) is 13.2. The van der Waals surface area contributed by atoms with Crippen LogP contribution in [-0.4, -0.2) is 56.8 Å². The minimum Gasteiger partial charge on any atom is -0.365 e. The van der Waals surface area contributed by atoms with Crippen molar-refractivity contribution in [3.8, 4) is 0 Å². The maximum Gasteiger partial charge on any atom is 0.239 e. The average Bonchev–Trinajstić information content (AvgIpc) is 2.90. The summed E-state index contributed by atoms with van der Waals surface area (Å²) < 4.78 is 47.8. The first-order valence-electron chi connectivity index (χ1n) is 6.66. The Bertz CT molecular complexity index is 628. The fourth-order valence-electron chi connectivity index (χ4n) is 2.35. The molecule has 1 unspecified atom stereocenters. The van der Waals surface area contributed by atoms with Gasteiger partial charge in [0.15, 0.2) is 0 Å². The second-order valence-electron chi connectivity index (χ2n) is 5.13. The highest BCUT2D eigenvalue weighted by molar-refractivity contribution is 7.89. The lowest BCUT2D eigenvalue weighted by atomic mass is 10.2. The largest absolute Gasteiger partial charge is 0.365 e. The van der Waals surface area contributed by atoms with E-state index in [0.29, 0.717) is 25.3 Å². The summed E-state index contributed by atoms with van der Waals surface area (Å²) in [7, 11) is -3.86. The maximum atomic E-state index is 12.7. The molecule has 6 nitrogen and oxygen atoms in total. The second-order valence-corrected chi connectivity index (χ2v) is 7.10. The number of aromatic nitrogens is 1. The molecular formula is C12H17ClF2N4O2S. The Kier molecular flexibility index (Phi) is 5.54. The van der Waals surface area contributed by atoms with E-state index in [1.807, 2.05) is 0 Å². The predicted molar refractivity (Wildman–Crippen MR) is 80.0 cm³/mol. The van der Waals surface area contributed by atoms with Gasteiger partial charge in [-0.25, -0.2) is 27.3 Å². The van der Waals surface area contributed by atoms with E-state index >= 15 is 0 Å². The van der Waals surface area contributed by atoms with Gasteiger partial charge in [-0.15, -0.1) is 0 Å². The van der Waals surface area contributed by atoms with Crippen molar-refractivity contribution < 1.29 is 17.2 Å². The highest BCUT2D eigenvalue weighted by Gasteiger charge is 2.28. The topological polar surface area (TPSA) is 88.3 Å². The van der Waals surface area contributed by atoms with Crippen LogP contribution in [-0.2, 0) is 10.0 Å².